The van der Waals surface area contributed by atoms with Crippen molar-refractivity contribution >= 4 is 17.6 Å². The van der Waals surface area contributed by atoms with Crippen molar-refractivity contribution in [2.45, 2.75) is 25.9 Å². The lowest BCUT2D eigenvalue weighted by molar-refractivity contribution is -0.154. The van der Waals surface area contributed by atoms with Crippen LogP contribution in [0.2, 0.25) is 0 Å². The van der Waals surface area contributed by atoms with Crippen LogP contribution in [0.25, 0.3) is 0 Å². The van der Waals surface area contributed by atoms with Gasteiger partial charge in [-0.25, -0.2) is 0 Å². The maximum atomic E-state index is 12.6. The maximum absolute atomic E-state index is 12.6. The Hall–Kier alpha value is -2.82. The number of benzene rings is 2. The number of hydrogen-bond acceptors (Lipinski definition) is 4. The molecule has 0 saturated carbocycles. The van der Waals surface area contributed by atoms with E-state index in [0.29, 0.717) is 23.4 Å². The molecule has 24 heavy (non-hydrogen) atoms. The molecule has 0 unspecified atom stereocenters. The van der Waals surface area contributed by atoms with Gasteiger partial charge in [0.15, 0.2) is 0 Å². The molecule has 0 bridgehead atoms. The van der Waals surface area contributed by atoms with Gasteiger partial charge in [-0.3, -0.25) is 9.59 Å². The van der Waals surface area contributed by atoms with Gasteiger partial charge in [0.1, 0.15) is 5.75 Å². The van der Waals surface area contributed by atoms with E-state index in [0.717, 1.165) is 0 Å². The van der Waals surface area contributed by atoms with Crippen molar-refractivity contribution in [3.8, 4) is 5.75 Å². The molecule has 2 rings (SSSR count). The Balaban J connectivity index is 2.18. The van der Waals surface area contributed by atoms with Crippen molar-refractivity contribution < 1.29 is 19.1 Å². The molecule has 0 fully saturated rings. The second-order valence-electron chi connectivity index (χ2n) is 5.25. The number of amides is 1. The highest BCUT2D eigenvalue weighted by Crippen LogP contribution is 2.22. The van der Waals surface area contributed by atoms with Crippen LogP contribution >= 0.6 is 0 Å². The number of carbonyl (C=O) groups is 2. The molecule has 2 aromatic rings. The molecule has 0 aliphatic rings. The van der Waals surface area contributed by atoms with Gasteiger partial charge in [-0.1, -0.05) is 43.3 Å². The molecular formula is C19H21NO4. The smallest absolute Gasteiger partial charge is 0.306 e. The van der Waals surface area contributed by atoms with E-state index in [1.807, 2.05) is 13.0 Å². The molecule has 5 nitrogen and oxygen atoms in total. The van der Waals surface area contributed by atoms with E-state index < -0.39 is 18.0 Å². The first-order chi connectivity index (χ1) is 11.6. The van der Waals surface area contributed by atoms with Gasteiger partial charge in [-0.2, -0.15) is 0 Å². The van der Waals surface area contributed by atoms with Crippen molar-refractivity contribution in [1.29, 1.82) is 0 Å². The van der Waals surface area contributed by atoms with Gasteiger partial charge in [-0.05, 0) is 18.6 Å². The minimum atomic E-state index is -0.989. The van der Waals surface area contributed by atoms with Gasteiger partial charge >= 0.3 is 5.97 Å². The Kier molecular flexibility index (Phi) is 6.37. The predicted molar refractivity (Wildman–Crippen MR) is 91.8 cm³/mol. The summed E-state index contributed by atoms with van der Waals surface area (Å²) in [5.41, 5.74) is 1.20. The maximum Gasteiger partial charge on any atom is 0.306 e. The molecule has 126 valence electrons. The number of nitrogens with one attached hydrogen (secondary N) is 1. The van der Waals surface area contributed by atoms with Crippen molar-refractivity contribution in [2.75, 3.05) is 12.4 Å². The number of ether oxygens (including phenoxy) is 2. The molecule has 1 amide bonds. The monoisotopic (exact) mass is 327 g/mol. The number of rotatable bonds is 7. The summed E-state index contributed by atoms with van der Waals surface area (Å²) in [6, 6.07) is 16.0. The quantitative estimate of drug-likeness (QED) is 0.787. The average Bonchev–Trinajstić information content (AvgIpc) is 2.60. The first kappa shape index (κ1) is 17.5. The fourth-order valence-corrected chi connectivity index (χ4v) is 2.20. The lowest BCUT2D eigenvalue weighted by atomic mass is 10.1. The van der Waals surface area contributed by atoms with E-state index in [-0.39, 0.29) is 6.42 Å². The third kappa shape index (κ3) is 4.84. The molecule has 0 aromatic heterocycles. The number of methoxy groups -OCH3 is 1. The first-order valence-corrected chi connectivity index (χ1v) is 7.83. The summed E-state index contributed by atoms with van der Waals surface area (Å²) in [5.74, 6) is -0.168. The topological polar surface area (TPSA) is 64.6 Å². The zero-order valence-corrected chi connectivity index (χ0v) is 13.8. The second-order valence-corrected chi connectivity index (χ2v) is 5.25. The molecule has 0 heterocycles. The Labute approximate surface area is 141 Å². The van der Waals surface area contributed by atoms with E-state index in [1.165, 1.54) is 0 Å². The Morgan fingerprint density at radius 2 is 1.83 bits per heavy atom. The third-order valence-corrected chi connectivity index (χ3v) is 3.38. The van der Waals surface area contributed by atoms with Crippen LogP contribution in [-0.2, 0) is 14.3 Å². The Morgan fingerprint density at radius 3 is 2.50 bits per heavy atom. The fourth-order valence-electron chi connectivity index (χ4n) is 2.20. The summed E-state index contributed by atoms with van der Waals surface area (Å²) in [7, 11) is 1.56. The summed E-state index contributed by atoms with van der Waals surface area (Å²) < 4.78 is 10.5. The molecule has 0 aliphatic carbocycles. The van der Waals surface area contributed by atoms with Crippen LogP contribution in [0.5, 0.6) is 5.75 Å². The van der Waals surface area contributed by atoms with Crippen LogP contribution < -0.4 is 10.1 Å². The van der Waals surface area contributed by atoms with Gasteiger partial charge in [0.2, 0.25) is 6.10 Å². The summed E-state index contributed by atoms with van der Waals surface area (Å²) in [5, 5.41) is 2.77. The van der Waals surface area contributed by atoms with Crippen LogP contribution in [-0.4, -0.2) is 19.0 Å². The van der Waals surface area contributed by atoms with E-state index in [1.54, 1.807) is 55.6 Å². The van der Waals surface area contributed by atoms with Gasteiger partial charge < -0.3 is 14.8 Å². The summed E-state index contributed by atoms with van der Waals surface area (Å²) >= 11 is 0. The third-order valence-electron chi connectivity index (χ3n) is 3.38. The lowest BCUT2D eigenvalue weighted by Crippen LogP contribution is -2.25. The van der Waals surface area contributed by atoms with Crippen molar-refractivity contribution in [3.05, 3.63) is 60.2 Å². The number of carbonyl (C=O) groups excluding carboxylic acids is 2. The predicted octanol–water partition coefficient (Wildman–Crippen LogP) is 3.72. The van der Waals surface area contributed by atoms with Crippen molar-refractivity contribution in [2.24, 2.45) is 0 Å². The van der Waals surface area contributed by atoms with Crippen LogP contribution in [0.4, 0.5) is 5.69 Å². The molecule has 0 aliphatic heterocycles. The average molecular weight is 327 g/mol. The molecule has 1 atom stereocenters. The van der Waals surface area contributed by atoms with Crippen LogP contribution in [0, 0.1) is 0 Å². The fraction of sp³-hybridized carbons (Fsp3) is 0.263. The molecule has 2 aromatic carbocycles. The van der Waals surface area contributed by atoms with Crippen LogP contribution in [0.15, 0.2) is 54.6 Å². The van der Waals surface area contributed by atoms with Gasteiger partial charge in [0, 0.05) is 23.7 Å². The highest BCUT2D eigenvalue weighted by Gasteiger charge is 2.24. The molecule has 0 radical (unpaired) electrons. The minimum Gasteiger partial charge on any atom is -0.497 e. The Morgan fingerprint density at radius 1 is 1.08 bits per heavy atom. The molecule has 5 heteroatoms. The van der Waals surface area contributed by atoms with Crippen molar-refractivity contribution in [1.82, 2.24) is 0 Å². The summed E-state index contributed by atoms with van der Waals surface area (Å²) in [6.07, 6.45) is -0.0513. The first-order valence-electron chi connectivity index (χ1n) is 7.83. The lowest BCUT2D eigenvalue weighted by Gasteiger charge is -2.18. The van der Waals surface area contributed by atoms with E-state index in [9.17, 15) is 9.59 Å². The van der Waals surface area contributed by atoms with Gasteiger partial charge in [-0.15, -0.1) is 0 Å². The highest BCUT2D eigenvalue weighted by atomic mass is 16.5. The number of hydrogen-bond donors (Lipinski definition) is 1. The normalized spacial score (nSPS) is 11.4. The molecule has 0 spiro atoms. The van der Waals surface area contributed by atoms with Gasteiger partial charge in [0.25, 0.3) is 5.91 Å². The second kappa shape index (κ2) is 8.72. The SMILES string of the molecule is CCCC(=O)O[C@H](C(=O)Nc1cccc(OC)c1)c1ccccc1. The summed E-state index contributed by atoms with van der Waals surface area (Å²) in [6.45, 7) is 1.88. The molecule has 1 N–H and O–H groups in total. The Bertz CT molecular complexity index is 685. The van der Waals surface area contributed by atoms with E-state index in [4.69, 9.17) is 9.47 Å². The number of anilines is 1. The molecule has 0 saturated heterocycles. The van der Waals surface area contributed by atoms with Crippen LogP contribution in [0.1, 0.15) is 31.4 Å². The standard InChI is InChI=1S/C19H21NO4/c1-3-8-17(21)24-18(14-9-5-4-6-10-14)19(22)20-15-11-7-12-16(13-15)23-2/h4-7,9-13,18H,3,8H2,1-2H3,(H,20,22)/t18-/m0/s1. The number of esters is 1. The van der Waals surface area contributed by atoms with Crippen molar-refractivity contribution in [3.63, 3.8) is 0 Å². The minimum absolute atomic E-state index is 0.274. The zero-order chi connectivity index (χ0) is 17.4. The zero-order valence-electron chi connectivity index (χ0n) is 13.8. The van der Waals surface area contributed by atoms with Gasteiger partial charge in [0.05, 0.1) is 7.11 Å². The largest absolute Gasteiger partial charge is 0.497 e. The summed E-state index contributed by atoms with van der Waals surface area (Å²) in [4.78, 5) is 24.5. The van der Waals surface area contributed by atoms with E-state index >= 15 is 0 Å². The highest BCUT2D eigenvalue weighted by molar-refractivity contribution is 5.96. The van der Waals surface area contributed by atoms with E-state index in [2.05, 4.69) is 5.32 Å². The molecular weight excluding hydrogens is 306 g/mol. The van der Waals surface area contributed by atoms with Crippen LogP contribution in [0.3, 0.4) is 0 Å².